The molecule has 0 radical (unpaired) electrons. The van der Waals surface area contributed by atoms with Crippen LogP contribution in [0.5, 0.6) is 5.75 Å². The van der Waals surface area contributed by atoms with E-state index in [1.54, 1.807) is 7.11 Å². The van der Waals surface area contributed by atoms with Crippen molar-refractivity contribution in [2.75, 3.05) is 12.8 Å². The summed E-state index contributed by atoms with van der Waals surface area (Å²) in [5.41, 5.74) is 9.06. The second-order valence-electron chi connectivity index (χ2n) is 4.88. The molecule has 2 rings (SSSR count). The Bertz CT molecular complexity index is 548. The van der Waals surface area contributed by atoms with Crippen LogP contribution < -0.4 is 10.5 Å². The molecule has 1 atom stereocenters. The van der Waals surface area contributed by atoms with Crippen LogP contribution in [0.1, 0.15) is 26.0 Å². The molecule has 0 aliphatic carbocycles. The Morgan fingerprint density at radius 3 is 2.79 bits per heavy atom. The molecule has 0 bridgehead atoms. The van der Waals surface area contributed by atoms with Gasteiger partial charge in [0.15, 0.2) is 5.82 Å². The van der Waals surface area contributed by atoms with E-state index in [-0.39, 0.29) is 0 Å². The van der Waals surface area contributed by atoms with Crippen LogP contribution in [-0.4, -0.2) is 17.3 Å². The molecule has 1 aromatic heterocycles. The van der Waals surface area contributed by atoms with Crippen molar-refractivity contribution < 1.29 is 4.74 Å². The number of anilines is 1. The van der Waals surface area contributed by atoms with Gasteiger partial charge in [0.05, 0.1) is 12.7 Å². The van der Waals surface area contributed by atoms with Crippen molar-refractivity contribution in [1.29, 1.82) is 0 Å². The van der Waals surface area contributed by atoms with Gasteiger partial charge in [0.2, 0.25) is 0 Å². The Morgan fingerprint density at radius 2 is 2.11 bits per heavy atom. The average molecular weight is 259 g/mol. The zero-order valence-electron chi connectivity index (χ0n) is 11.7. The van der Waals surface area contributed by atoms with E-state index in [9.17, 15) is 0 Å². The van der Waals surface area contributed by atoms with Crippen LogP contribution in [0.4, 0.5) is 5.82 Å². The topological polar surface area (TPSA) is 63.9 Å². The lowest BCUT2D eigenvalue weighted by Gasteiger charge is -2.11. The number of hydrogen-bond acceptors (Lipinski definition) is 3. The quantitative estimate of drug-likeness (QED) is 0.866. The maximum Gasteiger partial charge on any atom is 0.153 e. The number of nitrogen functional groups attached to an aromatic ring is 1. The summed E-state index contributed by atoms with van der Waals surface area (Å²) in [7, 11) is 1.67. The minimum Gasteiger partial charge on any atom is -0.496 e. The van der Waals surface area contributed by atoms with Crippen molar-refractivity contribution in [2.24, 2.45) is 5.92 Å². The van der Waals surface area contributed by atoms with Gasteiger partial charge in [0.25, 0.3) is 0 Å². The zero-order valence-corrected chi connectivity index (χ0v) is 11.7. The third kappa shape index (κ3) is 2.72. The summed E-state index contributed by atoms with van der Waals surface area (Å²) in [6.07, 6.45) is 2.07. The summed E-state index contributed by atoms with van der Waals surface area (Å²) in [4.78, 5) is 0. The number of nitrogens with two attached hydrogens (primary N) is 1. The average Bonchev–Trinajstić information content (AvgIpc) is 2.79. The van der Waals surface area contributed by atoms with Crippen LogP contribution in [0, 0.1) is 5.92 Å². The molecule has 4 nitrogen and oxygen atoms in total. The summed E-state index contributed by atoms with van der Waals surface area (Å²) in [6, 6.07) is 7.89. The van der Waals surface area contributed by atoms with Crippen LogP contribution in [0.2, 0.25) is 0 Å². The summed E-state index contributed by atoms with van der Waals surface area (Å²) < 4.78 is 5.41. The number of ether oxygens (including phenoxy) is 1. The molecule has 1 heterocycles. The molecule has 0 saturated heterocycles. The van der Waals surface area contributed by atoms with E-state index in [0.717, 1.165) is 35.4 Å². The van der Waals surface area contributed by atoms with Crippen molar-refractivity contribution in [3.05, 3.63) is 30.0 Å². The molecule has 1 unspecified atom stereocenters. The number of hydrogen-bond donors (Lipinski definition) is 2. The third-order valence-corrected chi connectivity index (χ3v) is 3.50. The molecular formula is C15H21N3O. The van der Waals surface area contributed by atoms with Crippen LogP contribution in [0.25, 0.3) is 11.1 Å². The molecule has 0 aliphatic heterocycles. The van der Waals surface area contributed by atoms with Gasteiger partial charge >= 0.3 is 0 Å². The molecule has 102 valence electrons. The normalized spacial score (nSPS) is 12.4. The maximum atomic E-state index is 6.02. The highest BCUT2D eigenvalue weighted by Gasteiger charge is 2.17. The van der Waals surface area contributed by atoms with Gasteiger partial charge < -0.3 is 10.5 Å². The molecule has 1 aromatic carbocycles. The van der Waals surface area contributed by atoms with Crippen LogP contribution in [0.15, 0.2) is 24.3 Å². The van der Waals surface area contributed by atoms with Gasteiger partial charge in [0, 0.05) is 11.3 Å². The number of aromatic amines is 1. The number of methoxy groups -OCH3 is 1. The molecule has 19 heavy (non-hydrogen) atoms. The largest absolute Gasteiger partial charge is 0.496 e. The van der Waals surface area contributed by atoms with Gasteiger partial charge in [-0.15, -0.1) is 0 Å². The number of benzene rings is 1. The van der Waals surface area contributed by atoms with Crippen LogP contribution >= 0.6 is 0 Å². The van der Waals surface area contributed by atoms with Crippen LogP contribution in [0.3, 0.4) is 0 Å². The van der Waals surface area contributed by atoms with Crippen LogP contribution in [-0.2, 0) is 6.42 Å². The van der Waals surface area contributed by atoms with E-state index in [2.05, 4.69) is 24.0 Å². The lowest BCUT2D eigenvalue weighted by atomic mass is 9.96. The second-order valence-corrected chi connectivity index (χ2v) is 4.88. The Balaban J connectivity index is 2.46. The molecule has 2 aromatic rings. The fraction of sp³-hybridized carbons (Fsp3) is 0.400. The van der Waals surface area contributed by atoms with E-state index in [0.29, 0.717) is 11.7 Å². The minimum absolute atomic E-state index is 0.530. The SMILES string of the molecule is CCC(C)Cc1[nH]nc(N)c1-c1ccccc1OC. The highest BCUT2D eigenvalue weighted by molar-refractivity contribution is 5.80. The molecule has 0 saturated carbocycles. The highest BCUT2D eigenvalue weighted by Crippen LogP contribution is 2.36. The predicted molar refractivity (Wildman–Crippen MR) is 78.1 cm³/mol. The predicted octanol–water partition coefficient (Wildman–Crippen LogP) is 3.26. The number of nitrogens with zero attached hydrogens (tertiary/aromatic N) is 1. The first kappa shape index (κ1) is 13.5. The standard InChI is InChI=1S/C15H21N3O/c1-4-10(2)9-12-14(15(16)18-17-12)11-7-5-6-8-13(11)19-3/h5-8,10H,4,9H2,1-3H3,(H3,16,17,18). The van der Waals surface area contributed by atoms with E-state index in [1.165, 1.54) is 0 Å². The number of nitrogens with one attached hydrogen (secondary N) is 1. The summed E-state index contributed by atoms with van der Waals surface area (Å²) >= 11 is 0. The van der Waals surface area contributed by atoms with Crippen molar-refractivity contribution in [2.45, 2.75) is 26.7 Å². The maximum absolute atomic E-state index is 6.02. The lowest BCUT2D eigenvalue weighted by Crippen LogP contribution is -2.00. The van der Waals surface area contributed by atoms with Gasteiger partial charge in [0.1, 0.15) is 5.75 Å². The van der Waals surface area contributed by atoms with E-state index >= 15 is 0 Å². The Labute approximate surface area is 114 Å². The van der Waals surface area contributed by atoms with E-state index in [1.807, 2.05) is 24.3 Å². The summed E-state index contributed by atoms with van der Waals surface area (Å²) in [5.74, 6) is 1.94. The molecule has 4 heteroatoms. The molecular weight excluding hydrogens is 238 g/mol. The van der Waals surface area contributed by atoms with E-state index < -0.39 is 0 Å². The monoisotopic (exact) mass is 259 g/mol. The Hall–Kier alpha value is -1.97. The smallest absolute Gasteiger partial charge is 0.153 e. The van der Waals surface area contributed by atoms with Crippen molar-refractivity contribution in [3.8, 4) is 16.9 Å². The highest BCUT2D eigenvalue weighted by atomic mass is 16.5. The third-order valence-electron chi connectivity index (χ3n) is 3.50. The minimum atomic E-state index is 0.530. The number of rotatable bonds is 5. The molecule has 0 aliphatic rings. The number of H-pyrrole nitrogens is 1. The van der Waals surface area contributed by atoms with Crippen molar-refractivity contribution >= 4 is 5.82 Å². The van der Waals surface area contributed by atoms with Crippen molar-refractivity contribution in [1.82, 2.24) is 10.2 Å². The van der Waals surface area contributed by atoms with Gasteiger partial charge in [-0.05, 0) is 18.4 Å². The molecule has 0 spiro atoms. The van der Waals surface area contributed by atoms with Gasteiger partial charge in [-0.2, -0.15) is 5.10 Å². The molecule has 0 fully saturated rings. The fourth-order valence-electron chi connectivity index (χ4n) is 2.19. The Morgan fingerprint density at radius 1 is 1.37 bits per heavy atom. The van der Waals surface area contributed by atoms with Gasteiger partial charge in [-0.25, -0.2) is 0 Å². The first-order chi connectivity index (χ1) is 9.17. The van der Waals surface area contributed by atoms with Crippen molar-refractivity contribution in [3.63, 3.8) is 0 Å². The molecule has 3 N–H and O–H groups in total. The van der Waals surface area contributed by atoms with Gasteiger partial charge in [-0.1, -0.05) is 38.5 Å². The summed E-state index contributed by atoms with van der Waals surface area (Å²) in [6.45, 7) is 4.41. The first-order valence-electron chi connectivity index (χ1n) is 6.63. The van der Waals surface area contributed by atoms with E-state index in [4.69, 9.17) is 10.5 Å². The first-order valence-corrected chi connectivity index (χ1v) is 6.63. The summed E-state index contributed by atoms with van der Waals surface area (Å²) in [5, 5.41) is 7.21. The number of aromatic nitrogens is 2. The van der Waals surface area contributed by atoms with Gasteiger partial charge in [-0.3, -0.25) is 5.10 Å². The second kappa shape index (κ2) is 5.78. The number of para-hydroxylation sites is 1. The zero-order chi connectivity index (χ0) is 13.8. The fourth-order valence-corrected chi connectivity index (χ4v) is 2.19. The Kier molecular flexibility index (Phi) is 4.10. The molecule has 0 amide bonds. The lowest BCUT2D eigenvalue weighted by molar-refractivity contribution is 0.416.